The van der Waals surface area contributed by atoms with Crippen molar-refractivity contribution in [2.75, 3.05) is 26.8 Å². The highest BCUT2D eigenvalue weighted by atomic mass is 35.5. The lowest BCUT2D eigenvalue weighted by atomic mass is 9.74. The largest absolute Gasteiger partial charge is 0.381 e. The van der Waals surface area contributed by atoms with Gasteiger partial charge in [-0.1, -0.05) is 28.9 Å². The molecule has 0 aliphatic carbocycles. The van der Waals surface area contributed by atoms with Gasteiger partial charge in [-0.05, 0) is 44.4 Å². The SMILES string of the molecule is CN=C(NCc1c(C)noc1C)NCC1(c2cccc(Cl)c2)CCOCC1. The van der Waals surface area contributed by atoms with E-state index in [2.05, 4.69) is 32.9 Å². The highest BCUT2D eigenvalue weighted by Gasteiger charge is 2.34. The van der Waals surface area contributed by atoms with Crippen LogP contribution in [-0.2, 0) is 16.7 Å². The van der Waals surface area contributed by atoms with E-state index >= 15 is 0 Å². The number of nitrogens with one attached hydrogen (secondary N) is 2. The van der Waals surface area contributed by atoms with Crippen molar-refractivity contribution in [3.8, 4) is 0 Å². The molecular formula is C20H27ClN4O2. The molecule has 146 valence electrons. The van der Waals surface area contributed by atoms with Crippen LogP contribution in [0, 0.1) is 13.8 Å². The first-order valence-corrected chi connectivity index (χ1v) is 9.62. The van der Waals surface area contributed by atoms with Gasteiger partial charge in [-0.25, -0.2) is 0 Å². The van der Waals surface area contributed by atoms with Crippen LogP contribution < -0.4 is 10.6 Å². The van der Waals surface area contributed by atoms with Crippen LogP contribution >= 0.6 is 11.6 Å². The molecule has 0 unspecified atom stereocenters. The van der Waals surface area contributed by atoms with E-state index < -0.39 is 0 Å². The molecule has 1 fully saturated rings. The van der Waals surface area contributed by atoms with Crippen LogP contribution in [0.3, 0.4) is 0 Å². The average molecular weight is 391 g/mol. The lowest BCUT2D eigenvalue weighted by molar-refractivity contribution is 0.0514. The van der Waals surface area contributed by atoms with Gasteiger partial charge >= 0.3 is 0 Å². The van der Waals surface area contributed by atoms with Crippen molar-refractivity contribution >= 4 is 17.6 Å². The summed E-state index contributed by atoms with van der Waals surface area (Å²) in [6, 6.07) is 8.14. The number of hydrogen-bond donors (Lipinski definition) is 2. The van der Waals surface area contributed by atoms with Gasteiger partial charge in [0.05, 0.1) is 5.69 Å². The average Bonchev–Trinajstić information content (AvgIpc) is 3.00. The molecule has 27 heavy (non-hydrogen) atoms. The van der Waals surface area contributed by atoms with E-state index in [1.807, 2.05) is 26.0 Å². The maximum Gasteiger partial charge on any atom is 0.191 e. The monoisotopic (exact) mass is 390 g/mol. The number of rotatable bonds is 5. The molecule has 1 aromatic carbocycles. The normalized spacial score (nSPS) is 17.0. The van der Waals surface area contributed by atoms with Gasteiger partial charge in [0.25, 0.3) is 0 Å². The predicted octanol–water partition coefficient (Wildman–Crippen LogP) is 3.36. The molecule has 0 atom stereocenters. The Hall–Kier alpha value is -2.05. The summed E-state index contributed by atoms with van der Waals surface area (Å²) in [5.41, 5.74) is 3.18. The molecule has 2 N–H and O–H groups in total. The number of aliphatic imine (C=N–C) groups is 1. The maximum absolute atomic E-state index is 6.25. The highest BCUT2D eigenvalue weighted by Crippen LogP contribution is 2.35. The Kier molecular flexibility index (Phi) is 6.39. The minimum atomic E-state index is -0.0240. The minimum absolute atomic E-state index is 0.0240. The van der Waals surface area contributed by atoms with Crippen LogP contribution in [0.5, 0.6) is 0 Å². The summed E-state index contributed by atoms with van der Waals surface area (Å²) >= 11 is 6.25. The maximum atomic E-state index is 6.25. The van der Waals surface area contributed by atoms with E-state index in [-0.39, 0.29) is 5.41 Å². The third-order valence-electron chi connectivity index (χ3n) is 5.32. The summed E-state index contributed by atoms with van der Waals surface area (Å²) in [6.07, 6.45) is 1.89. The number of ether oxygens (including phenoxy) is 1. The third kappa shape index (κ3) is 4.62. The molecular weight excluding hydrogens is 364 g/mol. The minimum Gasteiger partial charge on any atom is -0.381 e. The Labute approximate surface area is 165 Å². The lowest BCUT2D eigenvalue weighted by Crippen LogP contribution is -2.48. The Bertz CT molecular complexity index is 778. The Morgan fingerprint density at radius 3 is 2.67 bits per heavy atom. The van der Waals surface area contributed by atoms with Crippen LogP contribution in [0.1, 0.15) is 35.4 Å². The summed E-state index contributed by atoms with van der Waals surface area (Å²) in [7, 11) is 1.78. The lowest BCUT2D eigenvalue weighted by Gasteiger charge is -2.38. The number of nitrogens with zero attached hydrogens (tertiary/aromatic N) is 2. The van der Waals surface area contributed by atoms with Crippen LogP contribution in [0.4, 0.5) is 0 Å². The molecule has 2 aromatic rings. The fraction of sp³-hybridized carbons (Fsp3) is 0.500. The van der Waals surface area contributed by atoms with E-state index in [4.69, 9.17) is 20.9 Å². The molecule has 0 bridgehead atoms. The number of benzene rings is 1. The standard InChI is InChI=1S/C20H27ClN4O2/c1-14-18(15(2)27-25-14)12-23-19(22-3)24-13-20(7-9-26-10-8-20)16-5-4-6-17(21)11-16/h4-6,11H,7-10,12-13H2,1-3H3,(H2,22,23,24). The fourth-order valence-electron chi connectivity index (χ4n) is 3.55. The number of halogens is 1. The molecule has 0 saturated carbocycles. The van der Waals surface area contributed by atoms with Crippen molar-refractivity contribution < 1.29 is 9.26 Å². The quantitative estimate of drug-likeness (QED) is 0.605. The highest BCUT2D eigenvalue weighted by molar-refractivity contribution is 6.30. The van der Waals surface area contributed by atoms with E-state index in [0.29, 0.717) is 6.54 Å². The molecule has 1 saturated heterocycles. The molecule has 7 heteroatoms. The first kappa shape index (κ1) is 19.7. The van der Waals surface area contributed by atoms with Gasteiger partial charge in [-0.2, -0.15) is 0 Å². The Morgan fingerprint density at radius 2 is 2.04 bits per heavy atom. The van der Waals surface area contributed by atoms with Crippen molar-refractivity contribution in [3.63, 3.8) is 0 Å². The predicted molar refractivity (Wildman–Crippen MR) is 107 cm³/mol. The van der Waals surface area contributed by atoms with Crippen molar-refractivity contribution in [3.05, 3.63) is 51.9 Å². The van der Waals surface area contributed by atoms with Crippen LogP contribution in [0.2, 0.25) is 5.02 Å². The van der Waals surface area contributed by atoms with Crippen LogP contribution in [-0.4, -0.2) is 37.9 Å². The van der Waals surface area contributed by atoms with Gasteiger partial charge < -0.3 is 19.9 Å². The number of hydrogen-bond acceptors (Lipinski definition) is 4. The summed E-state index contributed by atoms with van der Waals surface area (Å²) in [6.45, 7) is 6.74. The number of aryl methyl sites for hydroxylation is 2. The molecule has 1 aromatic heterocycles. The topological polar surface area (TPSA) is 71.7 Å². The van der Waals surface area contributed by atoms with E-state index in [9.17, 15) is 0 Å². The molecule has 0 amide bonds. The molecule has 2 heterocycles. The van der Waals surface area contributed by atoms with Gasteiger partial charge in [0.2, 0.25) is 0 Å². The Balaban J connectivity index is 1.69. The summed E-state index contributed by atoms with van der Waals surface area (Å²) in [5, 5.41) is 11.6. The zero-order chi connectivity index (χ0) is 19.3. The molecule has 0 spiro atoms. The van der Waals surface area contributed by atoms with E-state index in [1.165, 1.54) is 5.56 Å². The summed E-state index contributed by atoms with van der Waals surface area (Å²) in [4.78, 5) is 4.36. The fourth-order valence-corrected chi connectivity index (χ4v) is 3.74. The smallest absolute Gasteiger partial charge is 0.191 e. The first-order valence-electron chi connectivity index (χ1n) is 9.24. The van der Waals surface area contributed by atoms with Crippen LogP contribution in [0.15, 0.2) is 33.8 Å². The molecule has 6 nitrogen and oxygen atoms in total. The molecule has 0 radical (unpaired) electrons. The van der Waals surface area contributed by atoms with Gasteiger partial charge in [0.1, 0.15) is 5.76 Å². The zero-order valence-corrected chi connectivity index (χ0v) is 16.9. The summed E-state index contributed by atoms with van der Waals surface area (Å²) < 4.78 is 10.8. The molecule has 1 aliphatic rings. The second-order valence-electron chi connectivity index (χ2n) is 6.99. The second kappa shape index (κ2) is 8.76. The van der Waals surface area contributed by atoms with Crippen molar-refractivity contribution in [1.29, 1.82) is 0 Å². The van der Waals surface area contributed by atoms with Crippen molar-refractivity contribution in [2.45, 2.75) is 38.6 Å². The van der Waals surface area contributed by atoms with Crippen molar-refractivity contribution in [1.82, 2.24) is 15.8 Å². The molecule has 3 rings (SSSR count). The Morgan fingerprint density at radius 1 is 1.26 bits per heavy atom. The number of aromatic nitrogens is 1. The van der Waals surface area contributed by atoms with Crippen molar-refractivity contribution in [2.24, 2.45) is 4.99 Å². The number of guanidine groups is 1. The van der Waals surface area contributed by atoms with Crippen LogP contribution in [0.25, 0.3) is 0 Å². The van der Waals surface area contributed by atoms with E-state index in [0.717, 1.165) is 60.6 Å². The van der Waals surface area contributed by atoms with Gasteiger partial charge in [0, 0.05) is 49.4 Å². The summed E-state index contributed by atoms with van der Waals surface area (Å²) in [5.74, 6) is 1.58. The zero-order valence-electron chi connectivity index (χ0n) is 16.1. The van der Waals surface area contributed by atoms with Gasteiger partial charge in [0.15, 0.2) is 5.96 Å². The second-order valence-corrected chi connectivity index (χ2v) is 7.42. The van der Waals surface area contributed by atoms with E-state index in [1.54, 1.807) is 7.05 Å². The first-order chi connectivity index (χ1) is 13.0. The molecule has 1 aliphatic heterocycles. The van der Waals surface area contributed by atoms with Gasteiger partial charge in [-0.15, -0.1) is 0 Å². The third-order valence-corrected chi connectivity index (χ3v) is 5.55. The van der Waals surface area contributed by atoms with Gasteiger partial charge in [-0.3, -0.25) is 4.99 Å².